The van der Waals surface area contributed by atoms with Crippen LogP contribution in [0.4, 0.5) is 0 Å². The Balaban J connectivity index is 2.39. The van der Waals surface area contributed by atoms with Crippen LogP contribution in [0.5, 0.6) is 0 Å². The molecule has 2 rings (SSSR count). The molecule has 0 aromatic heterocycles. The van der Waals surface area contributed by atoms with Gasteiger partial charge in [0.2, 0.25) is 0 Å². The number of esters is 1. The number of carboxylic acid groups (broad SMARTS) is 1. The molecule has 108 valence electrons. The molecule has 1 N–H and O–H groups in total. The zero-order valence-corrected chi connectivity index (χ0v) is 11.7. The molecule has 0 aliphatic rings. The van der Waals surface area contributed by atoms with Crippen molar-refractivity contribution in [2.75, 3.05) is 6.61 Å². The highest BCUT2D eigenvalue weighted by Crippen LogP contribution is 2.22. The number of fused-ring (bicyclic) bond motifs is 1. The van der Waals surface area contributed by atoms with Crippen LogP contribution in [-0.2, 0) is 9.53 Å². The van der Waals surface area contributed by atoms with E-state index < -0.39 is 11.9 Å². The van der Waals surface area contributed by atoms with Gasteiger partial charge in [0, 0.05) is 6.08 Å². The van der Waals surface area contributed by atoms with Crippen LogP contribution in [-0.4, -0.2) is 23.7 Å². The number of aromatic carboxylic acids is 1. The third-order valence-corrected chi connectivity index (χ3v) is 2.99. The molecule has 0 aliphatic heterocycles. The lowest BCUT2D eigenvalue weighted by molar-refractivity contribution is -0.137. The van der Waals surface area contributed by atoms with E-state index in [0.29, 0.717) is 12.2 Å². The van der Waals surface area contributed by atoms with Crippen LogP contribution in [0, 0.1) is 0 Å². The van der Waals surface area contributed by atoms with Crippen molar-refractivity contribution in [3.63, 3.8) is 0 Å². The van der Waals surface area contributed by atoms with Crippen molar-refractivity contribution >= 4 is 28.8 Å². The Bertz CT molecular complexity index is 701. The van der Waals surface area contributed by atoms with Crippen molar-refractivity contribution in [1.82, 2.24) is 0 Å². The molecule has 0 saturated carbocycles. The smallest absolute Gasteiger partial charge is 0.335 e. The van der Waals surface area contributed by atoms with Crippen molar-refractivity contribution in [2.24, 2.45) is 0 Å². The average Bonchev–Trinajstić information content (AvgIpc) is 2.50. The number of hydrogen-bond acceptors (Lipinski definition) is 3. The Labute approximate surface area is 122 Å². The van der Waals surface area contributed by atoms with Crippen molar-refractivity contribution in [3.8, 4) is 0 Å². The van der Waals surface area contributed by atoms with E-state index in [0.717, 1.165) is 17.2 Å². The standard InChI is InChI=1S/C17H16O4/c1-2-9-21-16(18)8-7-13-11-14(17(19)20)10-12-5-3-4-6-15(12)13/h3-8,10-11H,2,9H2,1H3,(H,19,20). The van der Waals surface area contributed by atoms with Crippen LogP contribution >= 0.6 is 0 Å². The number of carbonyl (C=O) groups is 2. The SMILES string of the molecule is CCCOC(=O)C=Cc1cc(C(=O)O)cc2ccccc12. The van der Waals surface area contributed by atoms with E-state index in [1.165, 1.54) is 6.08 Å². The highest BCUT2D eigenvalue weighted by atomic mass is 16.5. The predicted molar refractivity (Wildman–Crippen MR) is 81.2 cm³/mol. The Morgan fingerprint density at radius 2 is 2.00 bits per heavy atom. The summed E-state index contributed by atoms with van der Waals surface area (Å²) >= 11 is 0. The topological polar surface area (TPSA) is 63.6 Å². The van der Waals surface area contributed by atoms with Crippen molar-refractivity contribution < 1.29 is 19.4 Å². The molecule has 21 heavy (non-hydrogen) atoms. The van der Waals surface area contributed by atoms with Crippen LogP contribution in [0.15, 0.2) is 42.5 Å². The molecule has 0 atom stereocenters. The summed E-state index contributed by atoms with van der Waals surface area (Å²) in [5.41, 5.74) is 0.870. The summed E-state index contributed by atoms with van der Waals surface area (Å²) in [6.45, 7) is 2.29. The molecule has 0 amide bonds. The zero-order valence-electron chi connectivity index (χ0n) is 11.7. The Kier molecular flexibility index (Phi) is 4.72. The van der Waals surface area contributed by atoms with E-state index in [1.807, 2.05) is 31.2 Å². The van der Waals surface area contributed by atoms with Crippen LogP contribution < -0.4 is 0 Å². The monoisotopic (exact) mass is 284 g/mol. The second kappa shape index (κ2) is 6.70. The van der Waals surface area contributed by atoms with Crippen molar-refractivity contribution in [2.45, 2.75) is 13.3 Å². The summed E-state index contributed by atoms with van der Waals surface area (Å²) in [4.78, 5) is 22.7. The number of rotatable bonds is 5. The number of hydrogen-bond donors (Lipinski definition) is 1. The molecule has 2 aromatic carbocycles. The molecule has 2 aromatic rings. The fourth-order valence-electron chi connectivity index (χ4n) is 2.01. The van der Waals surface area contributed by atoms with Gasteiger partial charge in [-0.1, -0.05) is 31.2 Å². The fourth-order valence-corrected chi connectivity index (χ4v) is 2.01. The average molecular weight is 284 g/mol. The maximum Gasteiger partial charge on any atom is 0.335 e. The van der Waals surface area contributed by atoms with Gasteiger partial charge in [0.25, 0.3) is 0 Å². The molecular weight excluding hydrogens is 268 g/mol. The van der Waals surface area contributed by atoms with Crippen LogP contribution in [0.25, 0.3) is 16.8 Å². The molecular formula is C17H16O4. The first-order valence-corrected chi connectivity index (χ1v) is 6.72. The Morgan fingerprint density at radius 1 is 1.24 bits per heavy atom. The van der Waals surface area contributed by atoms with Crippen molar-refractivity contribution in [3.05, 3.63) is 53.6 Å². The van der Waals surface area contributed by atoms with Gasteiger partial charge in [-0.3, -0.25) is 0 Å². The number of benzene rings is 2. The molecule has 4 heteroatoms. The number of ether oxygens (including phenoxy) is 1. The minimum atomic E-state index is -0.996. The largest absolute Gasteiger partial charge is 0.478 e. The van der Waals surface area contributed by atoms with Gasteiger partial charge >= 0.3 is 11.9 Å². The molecule has 0 fully saturated rings. The predicted octanol–water partition coefficient (Wildman–Crippen LogP) is 3.50. The lowest BCUT2D eigenvalue weighted by Gasteiger charge is -2.05. The fraction of sp³-hybridized carbons (Fsp3) is 0.176. The maximum absolute atomic E-state index is 11.5. The molecule has 0 unspecified atom stereocenters. The summed E-state index contributed by atoms with van der Waals surface area (Å²) in [6, 6.07) is 10.6. The third-order valence-electron chi connectivity index (χ3n) is 2.99. The molecule has 0 saturated heterocycles. The van der Waals surface area contributed by atoms with Gasteiger partial charge in [-0.15, -0.1) is 0 Å². The first kappa shape index (κ1) is 14.8. The summed E-state index contributed by atoms with van der Waals surface area (Å²) in [7, 11) is 0. The number of carbonyl (C=O) groups excluding carboxylic acids is 1. The molecule has 0 bridgehead atoms. The first-order valence-electron chi connectivity index (χ1n) is 6.72. The normalized spacial score (nSPS) is 10.9. The summed E-state index contributed by atoms with van der Waals surface area (Å²) in [5.74, 6) is -1.43. The van der Waals surface area contributed by atoms with Gasteiger partial charge in [0.15, 0.2) is 0 Å². The molecule has 0 aliphatic carbocycles. The zero-order chi connectivity index (χ0) is 15.2. The minimum Gasteiger partial charge on any atom is -0.478 e. The van der Waals surface area contributed by atoms with Gasteiger partial charge < -0.3 is 9.84 Å². The summed E-state index contributed by atoms with van der Waals surface area (Å²) < 4.78 is 4.96. The lowest BCUT2D eigenvalue weighted by Crippen LogP contribution is -2.01. The Morgan fingerprint density at radius 3 is 2.71 bits per heavy atom. The van der Waals surface area contributed by atoms with E-state index in [9.17, 15) is 9.59 Å². The minimum absolute atomic E-state index is 0.190. The van der Waals surface area contributed by atoms with Crippen molar-refractivity contribution in [1.29, 1.82) is 0 Å². The van der Waals surface area contributed by atoms with Gasteiger partial charge in [0.1, 0.15) is 0 Å². The van der Waals surface area contributed by atoms with Gasteiger partial charge in [-0.25, -0.2) is 9.59 Å². The molecule has 0 radical (unpaired) electrons. The lowest BCUT2D eigenvalue weighted by atomic mass is 10.0. The molecule has 4 nitrogen and oxygen atoms in total. The van der Waals surface area contributed by atoms with E-state index >= 15 is 0 Å². The second-order valence-electron chi connectivity index (χ2n) is 4.59. The highest BCUT2D eigenvalue weighted by molar-refractivity contribution is 6.00. The van der Waals surface area contributed by atoms with Gasteiger partial charge in [0.05, 0.1) is 12.2 Å². The molecule has 0 spiro atoms. The van der Waals surface area contributed by atoms with E-state index in [2.05, 4.69) is 0 Å². The van der Waals surface area contributed by atoms with E-state index in [1.54, 1.807) is 18.2 Å². The van der Waals surface area contributed by atoms with Crippen LogP contribution in [0.2, 0.25) is 0 Å². The van der Waals surface area contributed by atoms with E-state index in [4.69, 9.17) is 9.84 Å². The summed E-state index contributed by atoms with van der Waals surface area (Å²) in [6.07, 6.45) is 3.67. The maximum atomic E-state index is 11.5. The third kappa shape index (κ3) is 3.69. The van der Waals surface area contributed by atoms with Gasteiger partial charge in [-0.05, 0) is 41.0 Å². The Hall–Kier alpha value is -2.62. The highest BCUT2D eigenvalue weighted by Gasteiger charge is 2.07. The first-order chi connectivity index (χ1) is 10.1. The quantitative estimate of drug-likeness (QED) is 0.674. The van der Waals surface area contributed by atoms with Crippen LogP contribution in [0.3, 0.4) is 0 Å². The second-order valence-corrected chi connectivity index (χ2v) is 4.59. The van der Waals surface area contributed by atoms with Crippen LogP contribution in [0.1, 0.15) is 29.3 Å². The number of carboxylic acids is 1. The van der Waals surface area contributed by atoms with E-state index in [-0.39, 0.29) is 5.56 Å². The molecule has 0 heterocycles. The summed E-state index contributed by atoms with van der Waals surface area (Å²) in [5, 5.41) is 10.9. The van der Waals surface area contributed by atoms with Gasteiger partial charge in [-0.2, -0.15) is 0 Å².